The second-order valence-electron chi connectivity index (χ2n) is 22.4. The van der Waals surface area contributed by atoms with Crippen molar-refractivity contribution in [1.82, 2.24) is 0 Å². The predicted octanol–water partition coefficient (Wildman–Crippen LogP) is 15.9. The molecule has 0 saturated carbocycles. The summed E-state index contributed by atoms with van der Waals surface area (Å²) in [6.07, 6.45) is 13.3. The molecule has 0 aliphatic heterocycles. The smallest absolute Gasteiger partial charge is 0.346 e. The molecule has 19 nitrogen and oxygen atoms in total. The Bertz CT molecular complexity index is 4620. The van der Waals surface area contributed by atoms with E-state index in [9.17, 15) is 91.0 Å². The molecule has 0 aliphatic rings. The number of carboxylic acid groups (broad SMARTS) is 6. The molecule has 0 fully saturated rings. The van der Waals surface area contributed by atoms with E-state index >= 15 is 0 Å². The van der Waals surface area contributed by atoms with Crippen molar-refractivity contribution < 1.29 is 59.4 Å². The Hall–Kier alpha value is -15.8. The van der Waals surface area contributed by atoms with Crippen molar-refractivity contribution in [2.45, 2.75) is 0 Å². The van der Waals surface area contributed by atoms with Gasteiger partial charge in [0, 0.05) is 17.1 Å². The minimum absolute atomic E-state index is 0.454. The van der Waals surface area contributed by atoms with E-state index in [2.05, 4.69) is 0 Å². The van der Waals surface area contributed by atoms with Crippen molar-refractivity contribution >= 4 is 124 Å². The van der Waals surface area contributed by atoms with Crippen LogP contribution in [0.4, 0.5) is 17.1 Å². The van der Waals surface area contributed by atoms with Gasteiger partial charge < -0.3 is 35.5 Å². The van der Waals surface area contributed by atoms with Gasteiger partial charge in [0.2, 0.25) is 0 Å². The molecule has 6 N–H and O–H groups in total. The number of benzene rings is 9. The van der Waals surface area contributed by atoms with Gasteiger partial charge in [-0.15, -0.1) is 0 Å². The molecule has 0 saturated heterocycles. The molecule has 494 valence electrons. The summed E-state index contributed by atoms with van der Waals surface area (Å²) in [6.45, 7) is 0. The van der Waals surface area contributed by atoms with Crippen LogP contribution in [0.5, 0.6) is 0 Å². The fraction of sp³-hybridized carbons (Fsp3) is 0. The zero-order valence-electron chi connectivity index (χ0n) is 53.7. The number of carbonyl (C=O) groups is 6. The van der Waals surface area contributed by atoms with Crippen LogP contribution in [0.15, 0.2) is 252 Å². The molecular formula is C84H51N7O12. The largest absolute Gasteiger partial charge is 0.477 e. The molecule has 0 spiro atoms. The summed E-state index contributed by atoms with van der Waals surface area (Å²) in [5, 5.41) is 114. The highest BCUT2D eigenvalue weighted by atomic mass is 16.4. The van der Waals surface area contributed by atoms with E-state index < -0.39 is 69.3 Å². The van der Waals surface area contributed by atoms with Gasteiger partial charge in [0.05, 0.1) is 0 Å². The summed E-state index contributed by atoms with van der Waals surface area (Å²) >= 11 is 0. The van der Waals surface area contributed by atoms with Gasteiger partial charge in [-0.1, -0.05) is 182 Å². The number of hydrogen-bond acceptors (Lipinski definition) is 13. The van der Waals surface area contributed by atoms with E-state index in [0.29, 0.717) is 101 Å². The molecule has 9 aromatic rings. The van der Waals surface area contributed by atoms with Crippen LogP contribution in [0.25, 0.3) is 71.4 Å². The van der Waals surface area contributed by atoms with Gasteiger partial charge in [0.1, 0.15) is 69.9 Å². The Kier molecular flexibility index (Phi) is 23.1. The minimum Gasteiger partial charge on any atom is -0.477 e. The van der Waals surface area contributed by atoms with E-state index in [1.807, 2.05) is 95.9 Å². The van der Waals surface area contributed by atoms with Gasteiger partial charge in [0.15, 0.2) is 0 Å². The minimum atomic E-state index is -1.38. The molecule has 0 aliphatic carbocycles. The molecule has 9 aromatic carbocycles. The second-order valence-corrected chi connectivity index (χ2v) is 22.4. The molecule has 19 heteroatoms. The highest BCUT2D eigenvalue weighted by molar-refractivity contribution is 6.02. The standard InChI is InChI=1S/C84H51N7O12/c85-46-67(79(92)93)37-52-1-19-61(20-2-52)76(62-21-3-53(4-22-62)38-68(47-86)80(94)95)43-58-13-31-73(32-14-58)91(74-33-15-59(16-34-74)44-77(63-23-5-54(6-24-63)39-69(48-87)81(96)97)64-25-7-55(8-26-64)40-70(49-88)82(98)99)75-35-17-60(18-36-75)45-78(65-27-9-56(10-28-65)41-71(50-89)83(100)101)66-29-11-57(12-30-66)42-72(51-90)84(102)103/h1-45H,(H,92,93)(H,94,95)(H,96,97)(H,98,99)(H,100,101)(H,102,103)/b67-37+,68-38+,69-39+,70-40+,71-41+,72-42+. The zero-order chi connectivity index (χ0) is 73.7. The molecule has 9 rings (SSSR count). The monoisotopic (exact) mass is 1350 g/mol. The van der Waals surface area contributed by atoms with Crippen molar-refractivity contribution in [3.63, 3.8) is 0 Å². The number of aliphatic carboxylic acids is 6. The highest BCUT2D eigenvalue weighted by Gasteiger charge is 2.18. The summed E-state index contributed by atoms with van der Waals surface area (Å²) in [4.78, 5) is 72.3. The van der Waals surface area contributed by atoms with Gasteiger partial charge in [-0.2, -0.15) is 31.6 Å². The number of nitrogens with zero attached hydrogens (tertiary/aromatic N) is 7. The maximum atomic E-state index is 11.7. The van der Waals surface area contributed by atoms with Crippen LogP contribution >= 0.6 is 0 Å². The first-order valence-electron chi connectivity index (χ1n) is 30.7. The fourth-order valence-electron chi connectivity index (χ4n) is 10.5. The topological polar surface area (TPSA) is 370 Å². The van der Waals surface area contributed by atoms with Gasteiger partial charge in [-0.25, -0.2) is 28.8 Å². The van der Waals surface area contributed by atoms with Crippen molar-refractivity contribution in [1.29, 1.82) is 31.6 Å². The van der Waals surface area contributed by atoms with Crippen molar-refractivity contribution in [3.8, 4) is 36.4 Å². The second kappa shape index (κ2) is 33.2. The fourth-order valence-corrected chi connectivity index (χ4v) is 10.5. The van der Waals surface area contributed by atoms with Gasteiger partial charge >= 0.3 is 35.8 Å². The number of carboxylic acids is 6. The van der Waals surface area contributed by atoms with Crippen LogP contribution < -0.4 is 4.90 Å². The van der Waals surface area contributed by atoms with Gasteiger partial charge in [-0.05, 0) is 191 Å². The third-order valence-electron chi connectivity index (χ3n) is 15.7. The molecule has 0 aromatic heterocycles. The quantitative estimate of drug-likeness (QED) is 0.0186. The average molecular weight is 1350 g/mol. The number of hydrogen-bond donors (Lipinski definition) is 6. The lowest BCUT2D eigenvalue weighted by Gasteiger charge is -2.26. The van der Waals surface area contributed by atoms with Crippen LogP contribution in [0, 0.1) is 68.0 Å². The van der Waals surface area contributed by atoms with Crippen LogP contribution in [0.3, 0.4) is 0 Å². The van der Waals surface area contributed by atoms with Crippen LogP contribution in [-0.4, -0.2) is 66.5 Å². The Morgan fingerprint density at radius 1 is 0.214 bits per heavy atom. The molecule has 0 atom stereocenters. The molecule has 0 bridgehead atoms. The van der Waals surface area contributed by atoms with Crippen LogP contribution in [-0.2, 0) is 28.8 Å². The van der Waals surface area contributed by atoms with Crippen molar-refractivity contribution in [2.24, 2.45) is 0 Å². The predicted molar refractivity (Wildman–Crippen MR) is 388 cm³/mol. The summed E-state index contributed by atoms with van der Waals surface area (Å²) in [6, 6.07) is 74.3. The molecule has 0 radical (unpaired) electrons. The van der Waals surface area contributed by atoms with E-state index in [-0.39, 0.29) is 0 Å². The average Bonchev–Trinajstić information content (AvgIpc) is 0.800. The SMILES string of the molecule is N#C/C(=C\c1ccc(C(=Cc2ccc(N(c3ccc(C=C(c4ccc(/C=C(\C#N)C(=O)O)cc4)c4ccc(/C=C(\C#N)C(=O)O)cc4)cc3)c3ccc(C=C(c4ccc(/C=C(\C#N)C(=O)O)cc4)c4ccc(/C=C(\C#N)C(=O)O)cc4)cc3)cc2)c2ccc(/C=C(\C#N)C(=O)O)cc2)cc1)C(=O)O. The highest BCUT2D eigenvalue weighted by Crippen LogP contribution is 2.38. The van der Waals surface area contributed by atoms with Crippen LogP contribution in [0.1, 0.15) is 83.5 Å². The number of rotatable bonds is 24. The Balaban J connectivity index is 1.18. The molecule has 103 heavy (non-hydrogen) atoms. The lowest BCUT2D eigenvalue weighted by Crippen LogP contribution is -2.09. The number of anilines is 3. The maximum absolute atomic E-state index is 11.7. The van der Waals surface area contributed by atoms with E-state index in [1.165, 1.54) is 36.5 Å². The van der Waals surface area contributed by atoms with Crippen LogP contribution in [0.2, 0.25) is 0 Å². The lowest BCUT2D eigenvalue weighted by molar-refractivity contribution is -0.133. The van der Waals surface area contributed by atoms with Gasteiger partial charge in [0.25, 0.3) is 0 Å². The molecule has 0 heterocycles. The third-order valence-corrected chi connectivity index (χ3v) is 15.7. The van der Waals surface area contributed by atoms with Crippen molar-refractivity contribution in [2.75, 3.05) is 4.90 Å². The van der Waals surface area contributed by atoms with E-state index in [1.54, 1.807) is 182 Å². The molecular weight excluding hydrogens is 1300 g/mol. The lowest BCUT2D eigenvalue weighted by atomic mass is 9.93. The Morgan fingerprint density at radius 3 is 0.466 bits per heavy atom. The normalized spacial score (nSPS) is 11.5. The first kappa shape index (κ1) is 71.5. The number of nitriles is 6. The zero-order valence-corrected chi connectivity index (χ0v) is 53.7. The first-order valence-corrected chi connectivity index (χ1v) is 30.7. The van der Waals surface area contributed by atoms with Crippen molar-refractivity contribution in [3.05, 3.63) is 335 Å². The molecule has 0 amide bonds. The van der Waals surface area contributed by atoms with E-state index in [4.69, 9.17) is 0 Å². The summed E-state index contributed by atoms with van der Waals surface area (Å²) < 4.78 is 0. The summed E-state index contributed by atoms with van der Waals surface area (Å²) in [5.41, 5.74) is 10.4. The summed E-state index contributed by atoms with van der Waals surface area (Å²) in [7, 11) is 0. The first-order chi connectivity index (χ1) is 49.7. The van der Waals surface area contributed by atoms with E-state index in [0.717, 1.165) is 16.7 Å². The van der Waals surface area contributed by atoms with Gasteiger partial charge in [-0.3, -0.25) is 0 Å². The Labute approximate surface area is 588 Å². The molecule has 0 unspecified atom stereocenters. The maximum Gasteiger partial charge on any atom is 0.346 e. The summed E-state index contributed by atoms with van der Waals surface area (Å²) in [5.74, 6) is -8.31. The third kappa shape index (κ3) is 18.4. The Morgan fingerprint density at radius 2 is 0.340 bits per heavy atom.